The van der Waals surface area contributed by atoms with E-state index in [2.05, 4.69) is 67.5 Å². The molecule has 7 N–H and O–H groups in total. The van der Waals surface area contributed by atoms with Gasteiger partial charge in [-0.25, -0.2) is 0 Å². The molecule has 0 aromatic carbocycles. The van der Waals surface area contributed by atoms with Crippen LogP contribution < -0.4 is 32.1 Å². The molecule has 15 heteroatoms. The van der Waals surface area contributed by atoms with E-state index in [-0.39, 0.29) is 43.7 Å². The summed E-state index contributed by atoms with van der Waals surface area (Å²) >= 11 is 6.87. The number of guanidine groups is 1. The van der Waals surface area contributed by atoms with Crippen LogP contribution in [0.15, 0.2) is 33.9 Å². The molecule has 0 atom stereocenters. The molecule has 0 radical (unpaired) electrons. The van der Waals surface area contributed by atoms with Gasteiger partial charge in [-0.2, -0.15) is 0 Å². The van der Waals surface area contributed by atoms with Crippen molar-refractivity contribution < 1.29 is 24.4 Å². The van der Waals surface area contributed by atoms with Gasteiger partial charge in [0.15, 0.2) is 23.2 Å². The Morgan fingerprint density at radius 3 is 2.19 bits per heavy atom. The highest BCUT2D eigenvalue weighted by Gasteiger charge is 2.23. The summed E-state index contributed by atoms with van der Waals surface area (Å²) in [5.74, 6) is -0.916. The molecule has 0 saturated carbocycles. The van der Waals surface area contributed by atoms with Crippen molar-refractivity contribution in [2.45, 2.75) is 34.6 Å². The Morgan fingerprint density at radius 2 is 1.56 bits per heavy atom. The van der Waals surface area contributed by atoms with Crippen LogP contribution >= 0.6 is 45.3 Å². The van der Waals surface area contributed by atoms with Crippen LogP contribution in [0.25, 0.3) is 35.3 Å². The molecule has 0 aliphatic heterocycles. The summed E-state index contributed by atoms with van der Waals surface area (Å²) < 4.78 is 5.43. The van der Waals surface area contributed by atoms with Crippen molar-refractivity contribution in [2.24, 2.45) is 21.6 Å². The van der Waals surface area contributed by atoms with Crippen molar-refractivity contribution in [1.29, 1.82) is 0 Å². The molecular weight excluding hydrogens is 687 g/mol. The van der Waals surface area contributed by atoms with E-state index in [0.717, 1.165) is 20.4 Å². The van der Waals surface area contributed by atoms with Gasteiger partial charge in [0.2, 0.25) is 0 Å². The van der Waals surface area contributed by atoms with Crippen LogP contribution in [-0.2, 0) is 14.4 Å². The van der Waals surface area contributed by atoms with Crippen molar-refractivity contribution in [3.63, 3.8) is 0 Å². The molecule has 48 heavy (non-hydrogen) atoms. The van der Waals surface area contributed by atoms with E-state index in [0.29, 0.717) is 0 Å². The largest absolute Gasteiger partial charge is 0.487 e. The van der Waals surface area contributed by atoms with Crippen LogP contribution in [0.5, 0.6) is 5.06 Å². The summed E-state index contributed by atoms with van der Waals surface area (Å²) in [6.45, 7) is 11.1. The Kier molecular flexibility index (Phi) is 12.5. The normalized spacial score (nSPS) is 11.4. The highest BCUT2D eigenvalue weighted by atomic mass is 32.1. The van der Waals surface area contributed by atoms with Gasteiger partial charge in [-0.1, -0.05) is 21.8 Å². The Balaban J connectivity index is 1.43. The van der Waals surface area contributed by atoms with Gasteiger partial charge in [0.25, 0.3) is 11.8 Å². The summed E-state index contributed by atoms with van der Waals surface area (Å²) in [5.41, 5.74) is 16.7. The molecule has 0 spiro atoms. The van der Waals surface area contributed by atoms with Crippen LogP contribution in [0.2, 0.25) is 0 Å². The maximum atomic E-state index is 12.8. The molecule has 4 heterocycles. The minimum absolute atomic E-state index is 0.0402. The molecular formula is C33H38N7O4S4+. The third kappa shape index (κ3) is 8.70. The van der Waals surface area contributed by atoms with Crippen LogP contribution in [0.4, 0.5) is 0 Å². The zero-order valence-electron chi connectivity index (χ0n) is 27.5. The number of ether oxygens (including phenoxy) is 1. The number of carbonyl (C=O) groups excluding carboxylic acids is 2. The summed E-state index contributed by atoms with van der Waals surface area (Å²) in [6.07, 6.45) is 2.98. The predicted molar refractivity (Wildman–Crippen MR) is 198 cm³/mol. The zero-order valence-corrected chi connectivity index (χ0v) is 30.8. The number of nitrogens with two attached hydrogens (primary N) is 2. The topological polar surface area (TPSA) is 177 Å². The second kappa shape index (κ2) is 16.6. The maximum absolute atomic E-state index is 12.8. The average molecular weight is 725 g/mol. The molecule has 4 aromatic heterocycles. The number of nitrogens with one attached hydrogen (secondary N) is 3. The molecule has 0 unspecified atom stereocenters. The van der Waals surface area contributed by atoms with Gasteiger partial charge in [0.05, 0.1) is 26.4 Å². The van der Waals surface area contributed by atoms with Gasteiger partial charge in [0, 0.05) is 40.7 Å². The lowest BCUT2D eigenvalue weighted by Crippen LogP contribution is -2.31. The van der Waals surface area contributed by atoms with Gasteiger partial charge in [-0.3, -0.25) is 14.6 Å². The van der Waals surface area contributed by atoms with Crippen molar-refractivity contribution in [3.05, 3.63) is 56.5 Å². The van der Waals surface area contributed by atoms with Crippen LogP contribution in [0.1, 0.15) is 32.7 Å². The molecule has 0 aliphatic carbocycles. The minimum atomic E-state index is -0.477. The minimum Gasteiger partial charge on any atom is -0.487 e. The van der Waals surface area contributed by atoms with Crippen molar-refractivity contribution in [1.82, 2.24) is 10.6 Å². The number of carbonyl (C=O) groups is 2. The lowest BCUT2D eigenvalue weighted by atomic mass is 10.1. The fourth-order valence-corrected chi connectivity index (χ4v) is 9.81. The van der Waals surface area contributed by atoms with Crippen molar-refractivity contribution in [2.75, 3.05) is 33.4 Å². The first-order valence-corrected chi connectivity index (χ1v) is 18.1. The fraction of sp³-hybridized carbons (Fsp3) is 0.303. The fourth-order valence-electron chi connectivity index (χ4n) is 4.58. The monoisotopic (exact) mass is 724 g/mol. The van der Waals surface area contributed by atoms with Gasteiger partial charge in [-0.15, -0.1) is 34.0 Å². The van der Waals surface area contributed by atoms with Crippen LogP contribution in [0, 0.1) is 40.7 Å². The number of thiophene rings is 4. The lowest BCUT2D eigenvalue weighted by Gasteiger charge is -2.02. The zero-order chi connectivity index (χ0) is 35.0. The molecule has 11 nitrogen and oxygen atoms in total. The second-order valence-electron chi connectivity index (χ2n) is 10.6. The highest BCUT2D eigenvalue weighted by molar-refractivity contribution is 7.29. The third-order valence-corrected chi connectivity index (χ3v) is 12.9. The number of rotatable bonds is 14. The highest BCUT2D eigenvalue weighted by Crippen LogP contribution is 2.51. The number of hydrogen-bond donors (Lipinski definition) is 5. The molecule has 0 aliphatic rings. The SMILES string of the molecule is COc1ccc(-c2sc(-c3sc(-c4sc(/C=C(\C#[NH+])C(=O)NC/C=N\OCC(=O)NCCN=C(N)N)cc4C)c(C)c3C)c(C)c2C)s1. The number of nitrogens with zero attached hydrogens (tertiary/aromatic N) is 2. The van der Waals surface area contributed by atoms with E-state index >= 15 is 0 Å². The average Bonchev–Trinajstić information content (AvgIpc) is 3.82. The number of aliphatic imine (C=N–C) groups is 1. The molecule has 0 fully saturated rings. The van der Waals surface area contributed by atoms with Crippen molar-refractivity contribution in [3.8, 4) is 40.4 Å². The number of amides is 2. The number of oxime groups is 1. The Labute approximate surface area is 295 Å². The molecule has 252 valence electrons. The summed E-state index contributed by atoms with van der Waals surface area (Å²) in [6, 6.07) is 8.41. The van der Waals surface area contributed by atoms with Crippen LogP contribution in [0.3, 0.4) is 0 Å². The molecule has 4 rings (SSSR count). The van der Waals surface area contributed by atoms with E-state index in [4.69, 9.17) is 26.3 Å². The first kappa shape index (κ1) is 36.3. The molecule has 2 amide bonds. The van der Waals surface area contributed by atoms with E-state index in [1.54, 1.807) is 47.2 Å². The summed E-state index contributed by atoms with van der Waals surface area (Å²) in [4.78, 5) is 41.4. The Hall–Kier alpha value is -4.49. The molecule has 0 saturated heterocycles. The summed E-state index contributed by atoms with van der Waals surface area (Å²) in [7, 11) is 1.70. The summed E-state index contributed by atoms with van der Waals surface area (Å²) in [5, 5.41) is 17.5. The number of aryl methyl sites for hydroxylation is 1. The van der Waals surface area contributed by atoms with Crippen LogP contribution in [-0.4, -0.2) is 57.3 Å². The maximum Gasteiger partial charge on any atom is 0.314 e. The van der Waals surface area contributed by atoms with Crippen molar-refractivity contribution >= 4 is 75.4 Å². The smallest absolute Gasteiger partial charge is 0.314 e. The van der Waals surface area contributed by atoms with E-state index in [9.17, 15) is 9.59 Å². The first-order chi connectivity index (χ1) is 22.9. The third-order valence-electron chi connectivity index (χ3n) is 7.34. The second-order valence-corrected chi connectivity index (χ2v) is 14.8. The van der Waals surface area contributed by atoms with E-state index < -0.39 is 5.91 Å². The standard InChI is InChI=1S/C33H37N7O4S4/c1-17-13-23(14-22(15-34)32(42)38-11-12-40-44-16-25(41)37-9-10-39-33(35)36)45-27(17)29-20(4)21(5)31(48-29)30-19(3)18(2)28(47-30)24-7-8-26(43-6)46-24/h7-8,12-14H,9-11,16H2,1-6H3,(H,37,41)(H,38,42)(H4,35,36,39)/p+1/b22-14+,40-12-. The Bertz CT molecular complexity index is 1930. The number of methoxy groups -OCH3 is 1. The van der Waals surface area contributed by atoms with Gasteiger partial charge in [-0.05, 0) is 86.7 Å². The van der Waals surface area contributed by atoms with Gasteiger partial charge < -0.3 is 31.7 Å². The molecule has 4 aromatic rings. The number of hydrogen-bond acceptors (Lipinski definition) is 10. The Morgan fingerprint density at radius 1 is 0.917 bits per heavy atom. The van der Waals surface area contributed by atoms with E-state index in [1.165, 1.54) is 52.9 Å². The molecule has 0 bridgehead atoms. The predicted octanol–water partition coefficient (Wildman–Crippen LogP) is 4.15. The first-order valence-electron chi connectivity index (χ1n) is 14.8. The van der Waals surface area contributed by atoms with Gasteiger partial charge >= 0.3 is 6.07 Å². The van der Waals surface area contributed by atoms with Gasteiger partial charge in [0.1, 0.15) is 0 Å². The quantitative estimate of drug-likeness (QED) is 0.0326. The van der Waals surface area contributed by atoms with E-state index in [1.807, 2.05) is 23.5 Å². The lowest BCUT2D eigenvalue weighted by molar-refractivity contribution is -0.125.